The molecule has 1 atom stereocenters. The number of hydrogen-bond acceptors (Lipinski definition) is 4. The van der Waals surface area contributed by atoms with Crippen LogP contribution in [0.25, 0.3) is 0 Å². The minimum atomic E-state index is -0.879. The van der Waals surface area contributed by atoms with Gasteiger partial charge in [-0.3, -0.25) is 0 Å². The Morgan fingerprint density at radius 3 is 1.55 bits per heavy atom. The van der Waals surface area contributed by atoms with Gasteiger partial charge in [0.05, 0.1) is 11.7 Å². The summed E-state index contributed by atoms with van der Waals surface area (Å²) in [5.41, 5.74) is 0.331. The third kappa shape index (κ3) is 19.6. The fourth-order valence-corrected chi connectivity index (χ4v) is 3.42. The highest BCUT2D eigenvalue weighted by Crippen LogP contribution is 2.06. The number of nitrogens with zero attached hydrogens (tertiary/aromatic N) is 2. The van der Waals surface area contributed by atoms with Crippen molar-refractivity contribution in [2.75, 3.05) is 39.3 Å². The van der Waals surface area contributed by atoms with Gasteiger partial charge in [0.1, 0.15) is 0 Å². The summed E-state index contributed by atoms with van der Waals surface area (Å²) < 4.78 is 0. The van der Waals surface area contributed by atoms with Gasteiger partial charge in [-0.25, -0.2) is 4.79 Å². The summed E-state index contributed by atoms with van der Waals surface area (Å²) >= 11 is 0. The van der Waals surface area contributed by atoms with Gasteiger partial charge in [-0.1, -0.05) is 59.7 Å². The Hall–Kier alpha value is -0.850. The van der Waals surface area contributed by atoms with E-state index in [0.717, 1.165) is 52.1 Å². The zero-order chi connectivity index (χ0) is 22.2. The summed E-state index contributed by atoms with van der Waals surface area (Å²) in [5.74, 6) is 0.433. The lowest BCUT2D eigenvalue weighted by Crippen LogP contribution is -2.43. The van der Waals surface area contributed by atoms with E-state index in [0.29, 0.717) is 17.4 Å². The average molecular weight is 482 g/mol. The third-order valence-electron chi connectivity index (χ3n) is 4.28. The number of rotatable bonds is 13. The minimum Gasteiger partial charge on any atom is -0.478 e. The number of carboxylic acids is 1. The fourth-order valence-electron chi connectivity index (χ4n) is 3.42. The van der Waals surface area contributed by atoms with E-state index in [9.17, 15) is 9.90 Å². The zero-order valence-electron chi connectivity index (χ0n) is 20.3. The molecule has 0 aliphatic heterocycles. The highest BCUT2D eigenvalue weighted by molar-refractivity contribution is 5.87. The number of halogens is 2. The van der Waals surface area contributed by atoms with Gasteiger partial charge in [-0.15, -0.1) is 24.8 Å². The monoisotopic (exact) mass is 480 g/mol. The van der Waals surface area contributed by atoms with Crippen molar-refractivity contribution in [3.05, 3.63) is 35.9 Å². The third-order valence-corrected chi connectivity index (χ3v) is 4.28. The standard InChI is InChI=1S/C17H38N2O.C7H6O2.2ClH/c1-7-9-18(10-8-2)13-17(20)14-19(11-15(3)4)12-16(5)6;8-7(9)6-4-2-1-3-5-6;;/h15-17,20H,7-14H2,1-6H3;1-5H,(H,8,9);2*1H. The summed E-state index contributed by atoms with van der Waals surface area (Å²) in [7, 11) is 0. The van der Waals surface area contributed by atoms with Gasteiger partial charge in [-0.05, 0) is 49.9 Å². The van der Waals surface area contributed by atoms with Crippen molar-refractivity contribution in [2.24, 2.45) is 11.8 Å². The Kier molecular flexibility index (Phi) is 23.6. The predicted octanol–water partition coefficient (Wildman–Crippen LogP) is 5.31. The lowest BCUT2D eigenvalue weighted by Gasteiger charge is -2.31. The predicted molar refractivity (Wildman–Crippen MR) is 137 cm³/mol. The van der Waals surface area contributed by atoms with Crippen LogP contribution in [0.4, 0.5) is 0 Å². The van der Waals surface area contributed by atoms with Crippen LogP contribution >= 0.6 is 24.8 Å². The Labute approximate surface area is 203 Å². The molecule has 0 spiro atoms. The normalized spacial score (nSPS) is 11.6. The lowest BCUT2D eigenvalue weighted by atomic mass is 10.1. The number of aliphatic hydroxyl groups excluding tert-OH is 1. The van der Waals surface area contributed by atoms with Crippen molar-refractivity contribution in [3.63, 3.8) is 0 Å². The summed E-state index contributed by atoms with van der Waals surface area (Å²) in [4.78, 5) is 15.0. The van der Waals surface area contributed by atoms with E-state index in [1.54, 1.807) is 30.3 Å². The van der Waals surface area contributed by atoms with Crippen molar-refractivity contribution >= 4 is 30.8 Å². The van der Waals surface area contributed by atoms with Gasteiger partial charge in [0.15, 0.2) is 0 Å². The van der Waals surface area contributed by atoms with Crippen LogP contribution in [0.1, 0.15) is 64.7 Å². The van der Waals surface area contributed by atoms with Gasteiger partial charge >= 0.3 is 5.97 Å². The van der Waals surface area contributed by atoms with E-state index >= 15 is 0 Å². The molecule has 0 bridgehead atoms. The number of aromatic carboxylic acids is 1. The maximum Gasteiger partial charge on any atom is 0.335 e. The second kappa shape index (κ2) is 21.0. The Bertz CT molecular complexity index is 515. The van der Waals surface area contributed by atoms with E-state index in [4.69, 9.17) is 5.11 Å². The van der Waals surface area contributed by atoms with Crippen LogP contribution < -0.4 is 0 Å². The smallest absolute Gasteiger partial charge is 0.335 e. The van der Waals surface area contributed by atoms with Gasteiger partial charge in [0, 0.05) is 26.2 Å². The number of aliphatic hydroxyl groups is 1. The molecule has 0 saturated carbocycles. The highest BCUT2D eigenvalue weighted by atomic mass is 35.5. The second-order valence-electron chi connectivity index (χ2n) is 8.63. The van der Waals surface area contributed by atoms with E-state index in [1.807, 2.05) is 0 Å². The van der Waals surface area contributed by atoms with Crippen molar-refractivity contribution in [2.45, 2.75) is 60.5 Å². The average Bonchev–Trinajstić information content (AvgIpc) is 2.62. The summed E-state index contributed by atoms with van der Waals surface area (Å²) in [6, 6.07) is 8.30. The van der Waals surface area contributed by atoms with Crippen molar-refractivity contribution in [1.29, 1.82) is 0 Å². The quantitative estimate of drug-likeness (QED) is 0.400. The molecule has 184 valence electrons. The SMILES string of the molecule is CCCN(CCC)CC(O)CN(CC(C)C)CC(C)C.Cl.Cl.O=C(O)c1ccccc1. The van der Waals surface area contributed by atoms with Gasteiger partial charge in [-0.2, -0.15) is 0 Å². The molecular weight excluding hydrogens is 435 g/mol. The maximum absolute atomic E-state index is 10.4. The van der Waals surface area contributed by atoms with Crippen LogP contribution in [0.5, 0.6) is 0 Å². The van der Waals surface area contributed by atoms with E-state index < -0.39 is 5.97 Å². The topological polar surface area (TPSA) is 64.0 Å². The van der Waals surface area contributed by atoms with Crippen LogP contribution in [0.3, 0.4) is 0 Å². The summed E-state index contributed by atoms with van der Waals surface area (Å²) in [6.45, 7) is 19.4. The molecule has 1 aromatic rings. The van der Waals surface area contributed by atoms with Crippen LogP contribution in [-0.2, 0) is 0 Å². The first-order valence-corrected chi connectivity index (χ1v) is 11.1. The molecule has 0 radical (unpaired) electrons. The molecule has 0 aliphatic carbocycles. The summed E-state index contributed by atoms with van der Waals surface area (Å²) in [6.07, 6.45) is 2.09. The number of carboxylic acid groups (broad SMARTS) is 1. The first-order chi connectivity index (χ1) is 13.7. The molecule has 0 fully saturated rings. The molecule has 1 aromatic carbocycles. The molecular formula is C24H46Cl2N2O3. The molecule has 0 amide bonds. The van der Waals surface area contributed by atoms with Crippen LogP contribution in [0.2, 0.25) is 0 Å². The number of benzene rings is 1. The molecule has 1 rings (SSSR count). The fraction of sp³-hybridized carbons (Fsp3) is 0.708. The molecule has 0 saturated heterocycles. The van der Waals surface area contributed by atoms with E-state index in [-0.39, 0.29) is 30.9 Å². The Morgan fingerprint density at radius 2 is 1.23 bits per heavy atom. The van der Waals surface area contributed by atoms with Gasteiger partial charge in [0.2, 0.25) is 0 Å². The van der Waals surface area contributed by atoms with Crippen molar-refractivity contribution < 1.29 is 15.0 Å². The van der Waals surface area contributed by atoms with Crippen LogP contribution in [0.15, 0.2) is 30.3 Å². The van der Waals surface area contributed by atoms with Crippen LogP contribution in [-0.4, -0.2) is 71.4 Å². The molecule has 2 N–H and O–H groups in total. The van der Waals surface area contributed by atoms with Crippen LogP contribution in [0, 0.1) is 11.8 Å². The number of hydrogen-bond donors (Lipinski definition) is 2. The Balaban J connectivity index is -0.000000598. The second-order valence-corrected chi connectivity index (χ2v) is 8.63. The minimum absolute atomic E-state index is 0. The summed E-state index contributed by atoms with van der Waals surface area (Å²) in [5, 5.41) is 18.8. The first-order valence-electron chi connectivity index (χ1n) is 11.1. The molecule has 0 aromatic heterocycles. The highest BCUT2D eigenvalue weighted by Gasteiger charge is 2.16. The molecule has 5 nitrogen and oxygen atoms in total. The van der Waals surface area contributed by atoms with E-state index in [1.165, 1.54) is 0 Å². The number of carbonyl (C=O) groups is 1. The van der Waals surface area contributed by atoms with Gasteiger partial charge < -0.3 is 20.0 Å². The molecule has 31 heavy (non-hydrogen) atoms. The largest absolute Gasteiger partial charge is 0.478 e. The molecule has 7 heteroatoms. The molecule has 1 unspecified atom stereocenters. The molecule has 0 heterocycles. The van der Waals surface area contributed by atoms with E-state index in [2.05, 4.69) is 51.3 Å². The molecule has 0 aliphatic rings. The van der Waals surface area contributed by atoms with Crippen molar-refractivity contribution in [1.82, 2.24) is 9.80 Å². The Morgan fingerprint density at radius 1 is 0.806 bits per heavy atom. The zero-order valence-corrected chi connectivity index (χ0v) is 21.9. The van der Waals surface area contributed by atoms with Gasteiger partial charge in [0.25, 0.3) is 0 Å². The first kappa shape index (κ1) is 34.8. The maximum atomic E-state index is 10.4. The van der Waals surface area contributed by atoms with Crippen molar-refractivity contribution in [3.8, 4) is 0 Å². The lowest BCUT2D eigenvalue weighted by molar-refractivity contribution is 0.0652.